The first kappa shape index (κ1) is 31.5. The maximum absolute atomic E-state index is 14.0. The lowest BCUT2D eigenvalue weighted by Crippen LogP contribution is -2.52. The number of rotatable bonds is 11. The van der Waals surface area contributed by atoms with Crippen molar-refractivity contribution in [1.82, 2.24) is 10.2 Å². The third-order valence-electron chi connectivity index (χ3n) is 6.45. The second-order valence-electron chi connectivity index (χ2n) is 10.1. The summed E-state index contributed by atoms with van der Waals surface area (Å²) in [6.07, 6.45) is 0. The summed E-state index contributed by atoms with van der Waals surface area (Å²) in [6.45, 7) is 8.67. The van der Waals surface area contributed by atoms with E-state index in [1.807, 2.05) is 39.8 Å². The van der Waals surface area contributed by atoms with Gasteiger partial charge in [0.25, 0.3) is 10.0 Å². The number of nitrogens with one attached hydrogen (secondary N) is 1. The van der Waals surface area contributed by atoms with E-state index in [9.17, 15) is 18.0 Å². The van der Waals surface area contributed by atoms with Crippen LogP contribution in [0.4, 0.5) is 5.69 Å². The molecule has 0 aliphatic carbocycles. The minimum Gasteiger partial charge on any atom is -0.352 e. The molecule has 40 heavy (non-hydrogen) atoms. The average molecular weight is 605 g/mol. The Labute approximate surface area is 247 Å². The molecule has 0 aliphatic rings. The molecule has 2 amide bonds. The van der Waals surface area contributed by atoms with Crippen LogP contribution >= 0.6 is 23.2 Å². The van der Waals surface area contributed by atoms with Gasteiger partial charge in [0.2, 0.25) is 11.8 Å². The molecule has 3 rings (SSSR count). The summed E-state index contributed by atoms with van der Waals surface area (Å²) in [5, 5.41) is 3.49. The minimum atomic E-state index is -4.14. The van der Waals surface area contributed by atoms with Crippen LogP contribution in [0.3, 0.4) is 0 Å². The van der Waals surface area contributed by atoms with Gasteiger partial charge in [0.05, 0.1) is 10.6 Å². The van der Waals surface area contributed by atoms with Crippen molar-refractivity contribution in [3.63, 3.8) is 0 Å². The molecule has 0 heterocycles. The van der Waals surface area contributed by atoms with E-state index in [4.69, 9.17) is 23.2 Å². The van der Waals surface area contributed by atoms with Crippen LogP contribution in [-0.4, -0.2) is 43.8 Å². The Morgan fingerprint density at radius 2 is 1.40 bits per heavy atom. The third-order valence-corrected chi connectivity index (χ3v) is 8.94. The number of carbonyl (C=O) groups excluding carboxylic acids is 2. The number of hydrogen-bond donors (Lipinski definition) is 1. The highest BCUT2D eigenvalue weighted by atomic mass is 35.5. The van der Waals surface area contributed by atoms with Crippen molar-refractivity contribution in [3.05, 3.63) is 94.0 Å². The lowest BCUT2D eigenvalue weighted by Gasteiger charge is -2.32. The third kappa shape index (κ3) is 7.56. The number of amides is 2. The summed E-state index contributed by atoms with van der Waals surface area (Å²) in [5.41, 5.74) is 1.82. The van der Waals surface area contributed by atoms with E-state index < -0.39 is 28.5 Å². The van der Waals surface area contributed by atoms with Crippen LogP contribution in [0.25, 0.3) is 0 Å². The van der Waals surface area contributed by atoms with E-state index in [1.165, 1.54) is 17.0 Å². The standard InChI is InChI=1S/C30H35Cl2N3O4S/c1-20(2)23-14-16-24(17-15-23)35(40(38,39)25-10-7-6-8-11-25)19-29(36)34(22(5)30(37)33-21(3)4)18-26-27(31)12-9-13-28(26)32/h6-17,20-22H,18-19H2,1-5H3,(H,33,37). The maximum Gasteiger partial charge on any atom is 0.264 e. The number of hydrogen-bond acceptors (Lipinski definition) is 4. The number of benzene rings is 3. The van der Waals surface area contributed by atoms with E-state index in [-0.39, 0.29) is 29.3 Å². The van der Waals surface area contributed by atoms with Gasteiger partial charge in [-0.1, -0.05) is 73.4 Å². The average Bonchev–Trinajstić information content (AvgIpc) is 2.91. The van der Waals surface area contributed by atoms with Gasteiger partial charge in [-0.2, -0.15) is 0 Å². The molecule has 0 aromatic heterocycles. The summed E-state index contributed by atoms with van der Waals surface area (Å²) >= 11 is 12.8. The first-order chi connectivity index (χ1) is 18.8. The van der Waals surface area contributed by atoms with E-state index in [0.717, 1.165) is 9.87 Å². The topological polar surface area (TPSA) is 86.8 Å². The second-order valence-corrected chi connectivity index (χ2v) is 12.8. The van der Waals surface area contributed by atoms with Gasteiger partial charge in [-0.25, -0.2) is 8.42 Å². The van der Waals surface area contributed by atoms with Crippen molar-refractivity contribution in [2.75, 3.05) is 10.8 Å². The highest BCUT2D eigenvalue weighted by Crippen LogP contribution is 2.29. The van der Waals surface area contributed by atoms with Gasteiger partial charge < -0.3 is 10.2 Å². The van der Waals surface area contributed by atoms with Crippen molar-refractivity contribution >= 4 is 50.7 Å². The zero-order valence-electron chi connectivity index (χ0n) is 23.3. The molecule has 1 N–H and O–H groups in total. The molecular formula is C30H35Cl2N3O4S. The molecule has 3 aromatic rings. The quantitative estimate of drug-likeness (QED) is 0.280. The first-order valence-electron chi connectivity index (χ1n) is 13.0. The highest BCUT2D eigenvalue weighted by Gasteiger charge is 2.33. The molecule has 1 atom stereocenters. The number of sulfonamides is 1. The first-order valence-corrected chi connectivity index (χ1v) is 15.2. The van der Waals surface area contributed by atoms with Crippen LogP contribution in [0, 0.1) is 0 Å². The highest BCUT2D eigenvalue weighted by molar-refractivity contribution is 7.92. The fourth-order valence-corrected chi connectivity index (χ4v) is 6.07. The van der Waals surface area contributed by atoms with Crippen molar-refractivity contribution in [2.24, 2.45) is 0 Å². The Morgan fingerprint density at radius 1 is 0.825 bits per heavy atom. The predicted molar refractivity (Wildman–Crippen MR) is 161 cm³/mol. The molecule has 0 saturated carbocycles. The zero-order valence-corrected chi connectivity index (χ0v) is 25.6. The van der Waals surface area contributed by atoms with Crippen molar-refractivity contribution in [2.45, 2.75) is 64.1 Å². The molecule has 0 aliphatic heterocycles. The monoisotopic (exact) mass is 603 g/mol. The number of anilines is 1. The molecule has 0 radical (unpaired) electrons. The normalized spacial score (nSPS) is 12.3. The largest absolute Gasteiger partial charge is 0.352 e. The summed E-state index contributed by atoms with van der Waals surface area (Å²) in [6, 6.07) is 18.9. The van der Waals surface area contributed by atoms with Crippen LogP contribution in [0.5, 0.6) is 0 Å². The number of halogens is 2. The van der Waals surface area contributed by atoms with Gasteiger partial charge in [-0.3, -0.25) is 13.9 Å². The Kier molecular flexibility index (Phi) is 10.6. The van der Waals surface area contributed by atoms with Gasteiger partial charge in [0, 0.05) is 28.2 Å². The molecule has 0 fully saturated rings. The summed E-state index contributed by atoms with van der Waals surface area (Å²) in [4.78, 5) is 28.4. The molecular weight excluding hydrogens is 569 g/mol. The molecule has 10 heteroatoms. The summed E-state index contributed by atoms with van der Waals surface area (Å²) < 4.78 is 28.8. The van der Waals surface area contributed by atoms with Gasteiger partial charge in [0.1, 0.15) is 12.6 Å². The van der Waals surface area contributed by atoms with Crippen LogP contribution in [0.1, 0.15) is 51.7 Å². The Morgan fingerprint density at radius 3 is 1.93 bits per heavy atom. The molecule has 0 bridgehead atoms. The fourth-order valence-electron chi connectivity index (χ4n) is 4.12. The fraction of sp³-hybridized carbons (Fsp3) is 0.333. The molecule has 214 valence electrons. The zero-order chi connectivity index (χ0) is 29.6. The number of carbonyl (C=O) groups is 2. The van der Waals surface area contributed by atoms with Crippen molar-refractivity contribution in [1.29, 1.82) is 0 Å². The molecule has 0 saturated heterocycles. The lowest BCUT2D eigenvalue weighted by atomic mass is 10.0. The predicted octanol–water partition coefficient (Wildman–Crippen LogP) is 6.25. The molecule has 3 aromatic carbocycles. The van der Waals surface area contributed by atoms with E-state index >= 15 is 0 Å². The van der Waals surface area contributed by atoms with Gasteiger partial charge in [-0.05, 0) is 68.7 Å². The Balaban J connectivity index is 2.07. The summed E-state index contributed by atoms with van der Waals surface area (Å²) in [5.74, 6) is -0.730. The van der Waals surface area contributed by atoms with E-state index in [0.29, 0.717) is 21.3 Å². The maximum atomic E-state index is 14.0. The smallest absolute Gasteiger partial charge is 0.264 e. The SMILES string of the molecule is CC(C)NC(=O)C(C)N(Cc1c(Cl)cccc1Cl)C(=O)CN(c1ccc(C(C)C)cc1)S(=O)(=O)c1ccccc1. The number of nitrogens with zero attached hydrogens (tertiary/aromatic N) is 2. The molecule has 1 unspecified atom stereocenters. The van der Waals surface area contributed by atoms with E-state index in [2.05, 4.69) is 5.32 Å². The molecule has 0 spiro atoms. The second kappa shape index (κ2) is 13.5. The molecule has 7 nitrogen and oxygen atoms in total. The Hall–Kier alpha value is -3.07. The minimum absolute atomic E-state index is 0.0435. The van der Waals surface area contributed by atoms with Crippen LogP contribution in [0.15, 0.2) is 77.7 Å². The van der Waals surface area contributed by atoms with Crippen LogP contribution < -0.4 is 9.62 Å². The van der Waals surface area contributed by atoms with Crippen LogP contribution in [-0.2, 0) is 26.2 Å². The van der Waals surface area contributed by atoms with Gasteiger partial charge >= 0.3 is 0 Å². The van der Waals surface area contributed by atoms with Crippen molar-refractivity contribution in [3.8, 4) is 0 Å². The lowest BCUT2D eigenvalue weighted by molar-refractivity contribution is -0.139. The van der Waals surface area contributed by atoms with Crippen molar-refractivity contribution < 1.29 is 18.0 Å². The van der Waals surface area contributed by atoms with Gasteiger partial charge in [0.15, 0.2) is 0 Å². The Bertz CT molecular complexity index is 1410. The van der Waals surface area contributed by atoms with E-state index in [1.54, 1.807) is 55.5 Å². The van der Waals surface area contributed by atoms with Crippen LogP contribution in [0.2, 0.25) is 10.0 Å². The van der Waals surface area contributed by atoms with Gasteiger partial charge in [-0.15, -0.1) is 0 Å². The summed E-state index contributed by atoms with van der Waals surface area (Å²) in [7, 11) is -4.14.